The van der Waals surface area contributed by atoms with Crippen LogP contribution < -0.4 is 5.32 Å². The number of rotatable bonds is 5. The summed E-state index contributed by atoms with van der Waals surface area (Å²) >= 11 is 0. The fourth-order valence-corrected chi connectivity index (χ4v) is 2.05. The third-order valence-electron chi connectivity index (χ3n) is 3.39. The normalized spacial score (nSPS) is 12.6. The molecule has 2 aromatic rings. The minimum absolute atomic E-state index is 0.134. The van der Waals surface area contributed by atoms with E-state index in [-0.39, 0.29) is 6.04 Å². The van der Waals surface area contributed by atoms with Gasteiger partial charge in [-0.15, -0.1) is 5.10 Å². The largest absolute Gasteiger partial charge is 0.307 e. The van der Waals surface area contributed by atoms with E-state index in [0.29, 0.717) is 0 Å². The van der Waals surface area contributed by atoms with Gasteiger partial charge in [0.2, 0.25) is 0 Å². The summed E-state index contributed by atoms with van der Waals surface area (Å²) in [5.41, 5.74) is 3.50. The molecule has 2 rings (SSSR count). The molecule has 102 valence electrons. The van der Waals surface area contributed by atoms with Gasteiger partial charge in [0.05, 0.1) is 11.7 Å². The SMILES string of the molecule is CCCNC(C)c1nnnn1-c1cccc(C)c1C. The van der Waals surface area contributed by atoms with Gasteiger partial charge in [0.15, 0.2) is 5.82 Å². The molecule has 0 saturated carbocycles. The molecule has 0 spiro atoms. The van der Waals surface area contributed by atoms with Gasteiger partial charge in [0.25, 0.3) is 0 Å². The van der Waals surface area contributed by atoms with Crippen LogP contribution in [0.15, 0.2) is 18.2 Å². The van der Waals surface area contributed by atoms with Crippen LogP contribution in [-0.2, 0) is 0 Å². The fraction of sp³-hybridized carbons (Fsp3) is 0.500. The van der Waals surface area contributed by atoms with Gasteiger partial charge in [-0.05, 0) is 61.4 Å². The highest BCUT2D eigenvalue weighted by atomic mass is 15.5. The lowest BCUT2D eigenvalue weighted by Crippen LogP contribution is -2.23. The van der Waals surface area contributed by atoms with Gasteiger partial charge in [-0.2, -0.15) is 4.68 Å². The lowest BCUT2D eigenvalue weighted by Gasteiger charge is -2.14. The summed E-state index contributed by atoms with van der Waals surface area (Å²) in [6, 6.07) is 6.32. The Labute approximate surface area is 114 Å². The second kappa shape index (κ2) is 5.93. The third kappa shape index (κ3) is 2.81. The minimum atomic E-state index is 0.134. The van der Waals surface area contributed by atoms with Gasteiger partial charge in [-0.3, -0.25) is 0 Å². The average Bonchev–Trinajstić information content (AvgIpc) is 2.88. The van der Waals surface area contributed by atoms with E-state index in [1.54, 1.807) is 0 Å². The topological polar surface area (TPSA) is 55.6 Å². The molecule has 1 aromatic heterocycles. The van der Waals surface area contributed by atoms with Gasteiger partial charge in [0, 0.05) is 0 Å². The Morgan fingerprint density at radius 3 is 2.84 bits per heavy atom. The van der Waals surface area contributed by atoms with E-state index in [2.05, 4.69) is 60.7 Å². The summed E-state index contributed by atoms with van der Waals surface area (Å²) in [6.45, 7) is 9.39. The van der Waals surface area contributed by atoms with E-state index in [1.165, 1.54) is 11.1 Å². The van der Waals surface area contributed by atoms with Crippen LogP contribution in [0, 0.1) is 13.8 Å². The molecule has 0 aliphatic carbocycles. The second-order valence-corrected chi connectivity index (χ2v) is 4.84. The maximum Gasteiger partial charge on any atom is 0.173 e. The average molecular weight is 259 g/mol. The van der Waals surface area contributed by atoms with Crippen LogP contribution in [0.1, 0.15) is 43.3 Å². The zero-order valence-corrected chi connectivity index (χ0v) is 12.0. The molecule has 19 heavy (non-hydrogen) atoms. The zero-order chi connectivity index (χ0) is 13.8. The quantitative estimate of drug-likeness (QED) is 0.895. The molecule has 0 aliphatic rings. The van der Waals surface area contributed by atoms with Crippen LogP contribution in [0.25, 0.3) is 5.69 Å². The van der Waals surface area contributed by atoms with Crippen molar-refractivity contribution in [1.82, 2.24) is 25.5 Å². The molecule has 1 heterocycles. The Bertz CT molecular complexity index is 547. The van der Waals surface area contributed by atoms with Gasteiger partial charge < -0.3 is 5.32 Å². The molecule has 0 fully saturated rings. The van der Waals surface area contributed by atoms with Crippen molar-refractivity contribution in [3.8, 4) is 5.69 Å². The lowest BCUT2D eigenvalue weighted by atomic mass is 10.1. The van der Waals surface area contributed by atoms with E-state index < -0.39 is 0 Å². The Morgan fingerprint density at radius 2 is 2.11 bits per heavy atom. The van der Waals surface area contributed by atoms with E-state index >= 15 is 0 Å². The molecular formula is C14H21N5. The highest BCUT2D eigenvalue weighted by molar-refractivity contribution is 5.44. The summed E-state index contributed by atoms with van der Waals surface area (Å²) in [4.78, 5) is 0. The summed E-state index contributed by atoms with van der Waals surface area (Å²) in [7, 11) is 0. The number of aromatic nitrogens is 4. The van der Waals surface area contributed by atoms with E-state index in [4.69, 9.17) is 0 Å². The maximum atomic E-state index is 4.16. The molecule has 0 amide bonds. The van der Waals surface area contributed by atoms with Gasteiger partial charge in [0.1, 0.15) is 0 Å². The number of nitrogens with one attached hydrogen (secondary N) is 1. The van der Waals surface area contributed by atoms with Crippen molar-refractivity contribution < 1.29 is 0 Å². The van der Waals surface area contributed by atoms with Crippen LogP contribution >= 0.6 is 0 Å². The number of tetrazole rings is 1. The summed E-state index contributed by atoms with van der Waals surface area (Å²) < 4.78 is 1.83. The first-order chi connectivity index (χ1) is 9.15. The summed E-state index contributed by atoms with van der Waals surface area (Å²) in [5, 5.41) is 15.5. The predicted molar refractivity (Wildman–Crippen MR) is 75.3 cm³/mol. The van der Waals surface area contributed by atoms with Crippen molar-refractivity contribution >= 4 is 0 Å². The molecule has 1 unspecified atom stereocenters. The van der Waals surface area contributed by atoms with Crippen LogP contribution in [0.2, 0.25) is 0 Å². The molecule has 5 nitrogen and oxygen atoms in total. The van der Waals surface area contributed by atoms with Crippen molar-refractivity contribution in [3.63, 3.8) is 0 Å². The smallest absolute Gasteiger partial charge is 0.173 e. The van der Waals surface area contributed by atoms with Gasteiger partial charge >= 0.3 is 0 Å². The number of benzene rings is 1. The number of hydrogen-bond donors (Lipinski definition) is 1. The van der Waals surface area contributed by atoms with Crippen molar-refractivity contribution in [2.45, 2.75) is 40.2 Å². The van der Waals surface area contributed by atoms with Crippen LogP contribution in [0.3, 0.4) is 0 Å². The molecule has 0 radical (unpaired) electrons. The Hall–Kier alpha value is -1.75. The first kappa shape index (κ1) is 13.7. The molecule has 0 aliphatic heterocycles. The first-order valence-electron chi connectivity index (χ1n) is 6.73. The Morgan fingerprint density at radius 1 is 1.32 bits per heavy atom. The van der Waals surface area contributed by atoms with Crippen molar-refractivity contribution in [1.29, 1.82) is 0 Å². The van der Waals surface area contributed by atoms with E-state index in [0.717, 1.165) is 24.5 Å². The van der Waals surface area contributed by atoms with Gasteiger partial charge in [-0.25, -0.2) is 0 Å². The highest BCUT2D eigenvalue weighted by Crippen LogP contribution is 2.19. The van der Waals surface area contributed by atoms with E-state index in [9.17, 15) is 0 Å². The van der Waals surface area contributed by atoms with Crippen LogP contribution in [0.4, 0.5) is 0 Å². The highest BCUT2D eigenvalue weighted by Gasteiger charge is 2.16. The molecule has 0 bridgehead atoms. The third-order valence-corrected chi connectivity index (χ3v) is 3.39. The van der Waals surface area contributed by atoms with Gasteiger partial charge in [-0.1, -0.05) is 19.1 Å². The Balaban J connectivity index is 2.36. The zero-order valence-electron chi connectivity index (χ0n) is 12.0. The van der Waals surface area contributed by atoms with Crippen LogP contribution in [-0.4, -0.2) is 26.8 Å². The predicted octanol–water partition coefficient (Wildman–Crippen LogP) is 2.34. The fourth-order valence-electron chi connectivity index (χ4n) is 2.05. The standard InChI is InChI=1S/C14H21N5/c1-5-9-15-12(4)14-16-17-18-19(14)13-8-6-7-10(2)11(13)3/h6-8,12,15H,5,9H2,1-4H3. The van der Waals surface area contributed by atoms with Crippen molar-refractivity contribution in [2.24, 2.45) is 0 Å². The molecule has 1 aromatic carbocycles. The van der Waals surface area contributed by atoms with Crippen LogP contribution in [0.5, 0.6) is 0 Å². The molecule has 5 heteroatoms. The van der Waals surface area contributed by atoms with E-state index in [1.807, 2.05) is 10.7 Å². The molecule has 1 N–H and O–H groups in total. The molecular weight excluding hydrogens is 238 g/mol. The monoisotopic (exact) mass is 259 g/mol. The van der Waals surface area contributed by atoms with Crippen molar-refractivity contribution in [3.05, 3.63) is 35.2 Å². The second-order valence-electron chi connectivity index (χ2n) is 4.84. The lowest BCUT2D eigenvalue weighted by molar-refractivity contribution is 0.531. The minimum Gasteiger partial charge on any atom is -0.307 e. The number of nitrogens with zero attached hydrogens (tertiary/aromatic N) is 4. The molecule has 1 atom stereocenters. The Kier molecular flexibility index (Phi) is 4.27. The summed E-state index contributed by atoms with van der Waals surface area (Å²) in [6.07, 6.45) is 1.09. The number of hydrogen-bond acceptors (Lipinski definition) is 4. The molecule has 0 saturated heterocycles. The number of aryl methyl sites for hydroxylation is 1. The van der Waals surface area contributed by atoms with Crippen molar-refractivity contribution in [2.75, 3.05) is 6.54 Å². The summed E-state index contributed by atoms with van der Waals surface area (Å²) in [5.74, 6) is 0.849. The maximum absolute atomic E-state index is 4.16. The first-order valence-corrected chi connectivity index (χ1v) is 6.73.